The number of thioether (sulfide) groups is 1. The predicted molar refractivity (Wildman–Crippen MR) is 79.8 cm³/mol. The molecule has 0 spiro atoms. The van der Waals surface area contributed by atoms with E-state index in [4.69, 9.17) is 5.73 Å². The van der Waals surface area contributed by atoms with Crippen LogP contribution in [0.15, 0.2) is 0 Å². The molecule has 0 unspecified atom stereocenters. The summed E-state index contributed by atoms with van der Waals surface area (Å²) in [6.45, 7) is 5.81. The Morgan fingerprint density at radius 1 is 1.39 bits per heavy atom. The molecule has 1 amide bonds. The summed E-state index contributed by atoms with van der Waals surface area (Å²) in [6, 6.07) is 0. The van der Waals surface area contributed by atoms with Crippen molar-refractivity contribution in [1.29, 1.82) is 0 Å². The Morgan fingerprint density at radius 3 is 2.33 bits per heavy atom. The van der Waals surface area contributed by atoms with Crippen LogP contribution in [0, 0.1) is 5.41 Å². The number of nitrogens with one attached hydrogen (secondary N) is 1. The first-order valence-corrected chi connectivity index (χ1v) is 8.30. The molecule has 0 aromatic carbocycles. The summed E-state index contributed by atoms with van der Waals surface area (Å²) in [5, 5.41) is 3.12. The van der Waals surface area contributed by atoms with E-state index in [0.717, 1.165) is 32.2 Å². The fourth-order valence-electron chi connectivity index (χ4n) is 2.65. The molecule has 3 nitrogen and oxygen atoms in total. The Morgan fingerprint density at radius 2 is 2.00 bits per heavy atom. The summed E-state index contributed by atoms with van der Waals surface area (Å²) >= 11 is 1.86. The molecule has 0 bridgehead atoms. The Bertz CT molecular complexity index is 259. The minimum Gasteiger partial charge on any atom is -0.355 e. The summed E-state index contributed by atoms with van der Waals surface area (Å²) < 4.78 is 0.200. The molecule has 0 aromatic rings. The molecule has 1 saturated carbocycles. The van der Waals surface area contributed by atoms with E-state index in [-0.39, 0.29) is 16.1 Å². The van der Waals surface area contributed by atoms with Gasteiger partial charge >= 0.3 is 0 Å². The third kappa shape index (κ3) is 3.64. The predicted octanol–water partition coefficient (Wildman–Crippen LogP) is 2.54. The summed E-state index contributed by atoms with van der Waals surface area (Å²) in [4.78, 5) is 12.0. The van der Waals surface area contributed by atoms with Crippen LogP contribution in [0.2, 0.25) is 0 Å². The van der Waals surface area contributed by atoms with Crippen molar-refractivity contribution in [2.75, 3.05) is 19.3 Å². The molecule has 0 aliphatic heterocycles. The van der Waals surface area contributed by atoms with Gasteiger partial charge < -0.3 is 11.1 Å². The largest absolute Gasteiger partial charge is 0.355 e. The van der Waals surface area contributed by atoms with Crippen molar-refractivity contribution in [3.8, 4) is 0 Å². The first-order chi connectivity index (χ1) is 8.55. The van der Waals surface area contributed by atoms with Crippen LogP contribution in [0.4, 0.5) is 0 Å². The molecule has 106 valence electrons. The maximum atomic E-state index is 12.0. The van der Waals surface area contributed by atoms with Gasteiger partial charge in [0.25, 0.3) is 0 Å². The van der Waals surface area contributed by atoms with Gasteiger partial charge in [0.1, 0.15) is 0 Å². The lowest BCUT2D eigenvalue weighted by Gasteiger charge is -2.40. The lowest BCUT2D eigenvalue weighted by atomic mass is 9.66. The third-order valence-corrected chi connectivity index (χ3v) is 6.30. The smallest absolute Gasteiger partial charge is 0.220 e. The molecule has 0 heterocycles. The molecular weight excluding hydrogens is 244 g/mol. The lowest BCUT2D eigenvalue weighted by Crippen LogP contribution is -2.45. The van der Waals surface area contributed by atoms with E-state index in [9.17, 15) is 4.79 Å². The number of carbonyl (C=O) groups is 1. The monoisotopic (exact) mass is 272 g/mol. The average molecular weight is 272 g/mol. The highest BCUT2D eigenvalue weighted by Crippen LogP contribution is 2.42. The van der Waals surface area contributed by atoms with Gasteiger partial charge in [-0.3, -0.25) is 4.79 Å². The van der Waals surface area contributed by atoms with Crippen LogP contribution in [-0.2, 0) is 4.79 Å². The van der Waals surface area contributed by atoms with Gasteiger partial charge in [0, 0.05) is 17.7 Å². The van der Waals surface area contributed by atoms with Gasteiger partial charge in [-0.2, -0.15) is 11.8 Å². The second-order valence-electron chi connectivity index (χ2n) is 5.61. The van der Waals surface area contributed by atoms with E-state index in [1.54, 1.807) is 0 Å². The number of carbonyl (C=O) groups excluding carboxylic acids is 1. The van der Waals surface area contributed by atoms with Gasteiger partial charge in [-0.25, -0.2) is 0 Å². The van der Waals surface area contributed by atoms with E-state index in [1.165, 1.54) is 6.42 Å². The van der Waals surface area contributed by atoms with E-state index in [2.05, 4.69) is 25.4 Å². The summed E-state index contributed by atoms with van der Waals surface area (Å²) in [7, 11) is 0. The quantitative estimate of drug-likeness (QED) is 0.714. The fourth-order valence-corrected chi connectivity index (χ4v) is 3.45. The molecule has 1 fully saturated rings. The third-order valence-electron chi connectivity index (χ3n) is 4.71. The van der Waals surface area contributed by atoms with Gasteiger partial charge in [0.05, 0.1) is 0 Å². The zero-order chi connectivity index (χ0) is 13.6. The average Bonchev–Trinajstić information content (AvgIpc) is 2.36. The highest BCUT2D eigenvalue weighted by Gasteiger charge is 2.37. The first kappa shape index (κ1) is 15.8. The molecule has 0 atom stereocenters. The van der Waals surface area contributed by atoms with Gasteiger partial charge in [0.2, 0.25) is 5.91 Å². The maximum absolute atomic E-state index is 12.0. The topological polar surface area (TPSA) is 55.1 Å². The number of nitrogens with two attached hydrogens (primary N) is 1. The molecule has 4 heteroatoms. The zero-order valence-corrected chi connectivity index (χ0v) is 12.9. The summed E-state index contributed by atoms with van der Waals surface area (Å²) in [5.41, 5.74) is 5.91. The summed E-state index contributed by atoms with van der Waals surface area (Å²) in [5.74, 6) is 0.181. The van der Waals surface area contributed by atoms with E-state index in [1.807, 2.05) is 11.8 Å². The normalized spacial score (nSPS) is 18.2. The van der Waals surface area contributed by atoms with Gasteiger partial charge in [-0.1, -0.05) is 20.3 Å². The number of amides is 1. The molecule has 1 aliphatic rings. The van der Waals surface area contributed by atoms with Crippen LogP contribution < -0.4 is 11.1 Å². The molecular formula is C14H28N2OS. The molecule has 1 aliphatic carbocycles. The van der Waals surface area contributed by atoms with Gasteiger partial charge in [-0.15, -0.1) is 0 Å². The number of hydrogen-bond donors (Lipinski definition) is 2. The molecule has 3 N–H and O–H groups in total. The Hall–Kier alpha value is -0.220. The van der Waals surface area contributed by atoms with Crippen LogP contribution in [0.25, 0.3) is 0 Å². The van der Waals surface area contributed by atoms with Crippen molar-refractivity contribution in [1.82, 2.24) is 5.32 Å². The van der Waals surface area contributed by atoms with Crippen molar-refractivity contribution in [3.05, 3.63) is 0 Å². The lowest BCUT2D eigenvalue weighted by molar-refractivity contribution is -0.124. The molecule has 1 rings (SSSR count). The second-order valence-corrected chi connectivity index (χ2v) is 6.88. The van der Waals surface area contributed by atoms with Crippen molar-refractivity contribution in [2.45, 2.75) is 57.1 Å². The standard InChI is InChI=1S/C14H28N2OS/c1-4-14(5-2,18-3)11-16-12(17)9-13(10-15)7-6-8-13/h4-11,15H2,1-3H3,(H,16,17). The van der Waals surface area contributed by atoms with Crippen molar-refractivity contribution < 1.29 is 4.79 Å². The van der Waals surface area contributed by atoms with Crippen LogP contribution in [0.5, 0.6) is 0 Å². The number of hydrogen-bond acceptors (Lipinski definition) is 3. The van der Waals surface area contributed by atoms with Gasteiger partial charge in [-0.05, 0) is 43.9 Å². The molecule has 18 heavy (non-hydrogen) atoms. The Kier molecular flexibility index (Phi) is 5.99. The highest BCUT2D eigenvalue weighted by atomic mass is 32.2. The minimum absolute atomic E-state index is 0.116. The van der Waals surface area contributed by atoms with Crippen LogP contribution in [0.1, 0.15) is 52.4 Å². The second kappa shape index (κ2) is 6.80. The molecule has 0 radical (unpaired) electrons. The van der Waals surface area contributed by atoms with Crippen molar-refractivity contribution in [2.24, 2.45) is 11.1 Å². The van der Waals surface area contributed by atoms with Crippen molar-refractivity contribution in [3.63, 3.8) is 0 Å². The Balaban J connectivity index is 2.40. The molecule has 0 aromatic heterocycles. The SMILES string of the molecule is CCC(CC)(CNC(=O)CC1(CN)CCC1)SC. The maximum Gasteiger partial charge on any atom is 0.220 e. The fraction of sp³-hybridized carbons (Fsp3) is 0.929. The zero-order valence-electron chi connectivity index (χ0n) is 12.1. The van der Waals surface area contributed by atoms with E-state index < -0.39 is 0 Å². The van der Waals surface area contributed by atoms with Gasteiger partial charge in [0.15, 0.2) is 0 Å². The Labute approximate surface area is 116 Å². The minimum atomic E-state index is 0.116. The highest BCUT2D eigenvalue weighted by molar-refractivity contribution is 8.00. The summed E-state index contributed by atoms with van der Waals surface area (Å²) in [6.07, 6.45) is 8.38. The number of rotatable bonds is 8. The van der Waals surface area contributed by atoms with Crippen molar-refractivity contribution >= 4 is 17.7 Å². The van der Waals surface area contributed by atoms with E-state index >= 15 is 0 Å². The first-order valence-electron chi connectivity index (χ1n) is 7.07. The van der Waals surface area contributed by atoms with Crippen LogP contribution >= 0.6 is 11.8 Å². The molecule has 0 saturated heterocycles. The van der Waals surface area contributed by atoms with Crippen LogP contribution in [0.3, 0.4) is 0 Å². The van der Waals surface area contributed by atoms with Crippen LogP contribution in [-0.4, -0.2) is 30.0 Å². The van der Waals surface area contributed by atoms with E-state index in [0.29, 0.717) is 13.0 Å².